The maximum Gasteiger partial charge on any atom is 0.0411 e. The first-order valence-corrected chi connectivity index (χ1v) is 8.54. The molecule has 0 radical (unpaired) electrons. The molecule has 19 heavy (non-hydrogen) atoms. The van der Waals surface area contributed by atoms with E-state index in [-0.39, 0.29) is 0 Å². The van der Waals surface area contributed by atoms with E-state index in [0.717, 1.165) is 12.3 Å². The lowest BCUT2D eigenvalue weighted by Crippen LogP contribution is -2.24. The summed E-state index contributed by atoms with van der Waals surface area (Å²) in [7, 11) is 0. The van der Waals surface area contributed by atoms with Crippen molar-refractivity contribution in [3.63, 3.8) is 0 Å². The standard InChI is InChI=1S/C17H29NS/c1-6-11-18-17(12-19-14(4)5)16-9-7-15(8-10-16)13(2)3/h7-10,13-14,17-18H,6,11-12H2,1-5H3. The second-order valence-electron chi connectivity index (χ2n) is 5.71. The molecule has 1 nitrogen and oxygen atoms in total. The van der Waals surface area contributed by atoms with E-state index in [0.29, 0.717) is 17.2 Å². The molecule has 0 spiro atoms. The fourth-order valence-electron chi connectivity index (χ4n) is 1.99. The molecule has 1 rings (SSSR count). The average molecular weight is 279 g/mol. The maximum absolute atomic E-state index is 3.67. The molecule has 0 saturated carbocycles. The van der Waals surface area contributed by atoms with Crippen molar-refractivity contribution >= 4 is 11.8 Å². The van der Waals surface area contributed by atoms with Crippen molar-refractivity contribution in [2.75, 3.05) is 12.3 Å². The van der Waals surface area contributed by atoms with E-state index in [2.05, 4.69) is 64.2 Å². The van der Waals surface area contributed by atoms with Gasteiger partial charge in [-0.25, -0.2) is 0 Å². The van der Waals surface area contributed by atoms with Crippen LogP contribution in [0.1, 0.15) is 64.1 Å². The summed E-state index contributed by atoms with van der Waals surface area (Å²) in [5.41, 5.74) is 2.85. The fourth-order valence-corrected chi connectivity index (χ4v) is 2.88. The van der Waals surface area contributed by atoms with Gasteiger partial charge in [0, 0.05) is 11.8 Å². The smallest absolute Gasteiger partial charge is 0.0411 e. The zero-order chi connectivity index (χ0) is 14.3. The van der Waals surface area contributed by atoms with Crippen LogP contribution in [0.25, 0.3) is 0 Å². The lowest BCUT2D eigenvalue weighted by molar-refractivity contribution is 0.577. The van der Waals surface area contributed by atoms with Gasteiger partial charge in [-0.1, -0.05) is 58.9 Å². The molecule has 1 atom stereocenters. The van der Waals surface area contributed by atoms with E-state index in [9.17, 15) is 0 Å². The van der Waals surface area contributed by atoms with Crippen molar-refractivity contribution in [1.29, 1.82) is 0 Å². The topological polar surface area (TPSA) is 12.0 Å². The van der Waals surface area contributed by atoms with E-state index >= 15 is 0 Å². The summed E-state index contributed by atoms with van der Waals surface area (Å²) < 4.78 is 0. The van der Waals surface area contributed by atoms with Gasteiger partial charge in [-0.15, -0.1) is 0 Å². The van der Waals surface area contributed by atoms with Crippen LogP contribution in [0.3, 0.4) is 0 Å². The molecule has 1 unspecified atom stereocenters. The first-order chi connectivity index (χ1) is 9.04. The van der Waals surface area contributed by atoms with E-state index in [4.69, 9.17) is 0 Å². The summed E-state index contributed by atoms with van der Waals surface area (Å²) in [6.07, 6.45) is 1.19. The lowest BCUT2D eigenvalue weighted by Gasteiger charge is -2.20. The minimum Gasteiger partial charge on any atom is -0.309 e. The van der Waals surface area contributed by atoms with Crippen LogP contribution in [-0.4, -0.2) is 17.5 Å². The highest BCUT2D eigenvalue weighted by Crippen LogP contribution is 2.23. The number of rotatable bonds is 8. The Bertz CT molecular complexity index is 343. The van der Waals surface area contributed by atoms with Crippen molar-refractivity contribution in [1.82, 2.24) is 5.32 Å². The third kappa shape index (κ3) is 6.01. The Morgan fingerprint density at radius 3 is 2.05 bits per heavy atom. The van der Waals surface area contributed by atoms with Crippen LogP contribution in [0.15, 0.2) is 24.3 Å². The average Bonchev–Trinajstić information content (AvgIpc) is 2.39. The Balaban J connectivity index is 2.71. The lowest BCUT2D eigenvalue weighted by atomic mass is 9.99. The van der Waals surface area contributed by atoms with Gasteiger partial charge in [-0.3, -0.25) is 0 Å². The molecule has 0 aromatic heterocycles. The number of hydrogen-bond donors (Lipinski definition) is 1. The minimum absolute atomic E-state index is 0.480. The summed E-state index contributed by atoms with van der Waals surface area (Å²) in [4.78, 5) is 0. The van der Waals surface area contributed by atoms with E-state index in [1.807, 2.05) is 11.8 Å². The molecule has 0 bridgehead atoms. The number of hydrogen-bond acceptors (Lipinski definition) is 2. The van der Waals surface area contributed by atoms with E-state index in [1.165, 1.54) is 17.5 Å². The molecule has 1 aromatic carbocycles. The summed E-state index contributed by atoms with van der Waals surface area (Å²) in [6.45, 7) is 12.3. The molecule has 0 fully saturated rings. The fraction of sp³-hybridized carbons (Fsp3) is 0.647. The number of thioether (sulfide) groups is 1. The highest BCUT2D eigenvalue weighted by atomic mass is 32.2. The molecule has 2 heteroatoms. The first-order valence-electron chi connectivity index (χ1n) is 7.49. The molecule has 0 aliphatic carbocycles. The van der Waals surface area contributed by atoms with Gasteiger partial charge in [0.25, 0.3) is 0 Å². The first kappa shape index (κ1) is 16.6. The number of benzene rings is 1. The largest absolute Gasteiger partial charge is 0.309 e. The number of nitrogens with one attached hydrogen (secondary N) is 1. The Hall–Kier alpha value is -0.470. The summed E-state index contributed by atoms with van der Waals surface area (Å²) in [5.74, 6) is 1.76. The van der Waals surface area contributed by atoms with Crippen molar-refractivity contribution in [3.05, 3.63) is 35.4 Å². The SMILES string of the molecule is CCCNC(CSC(C)C)c1ccc(C(C)C)cc1. The van der Waals surface area contributed by atoms with Crippen molar-refractivity contribution < 1.29 is 0 Å². The van der Waals surface area contributed by atoms with Gasteiger partial charge in [0.15, 0.2) is 0 Å². The summed E-state index contributed by atoms with van der Waals surface area (Å²) in [6, 6.07) is 9.63. The Labute approximate surface area is 123 Å². The van der Waals surface area contributed by atoms with Crippen molar-refractivity contribution in [3.8, 4) is 0 Å². The molecular weight excluding hydrogens is 250 g/mol. The Morgan fingerprint density at radius 1 is 1.00 bits per heavy atom. The molecule has 108 valence electrons. The summed E-state index contributed by atoms with van der Waals surface area (Å²) >= 11 is 2.03. The third-order valence-electron chi connectivity index (χ3n) is 3.24. The normalized spacial score (nSPS) is 13.2. The van der Waals surface area contributed by atoms with Gasteiger partial charge in [0.2, 0.25) is 0 Å². The van der Waals surface area contributed by atoms with Crippen LogP contribution in [0.2, 0.25) is 0 Å². The second kappa shape index (κ2) is 8.65. The van der Waals surface area contributed by atoms with Crippen LogP contribution in [-0.2, 0) is 0 Å². The predicted octanol–water partition coefficient (Wildman–Crippen LogP) is 4.99. The van der Waals surface area contributed by atoms with E-state index < -0.39 is 0 Å². The van der Waals surface area contributed by atoms with Crippen molar-refractivity contribution in [2.45, 2.75) is 58.2 Å². The molecular formula is C17H29NS. The molecule has 0 amide bonds. The van der Waals surface area contributed by atoms with Crippen LogP contribution < -0.4 is 5.32 Å². The van der Waals surface area contributed by atoms with Gasteiger partial charge < -0.3 is 5.32 Å². The predicted molar refractivity (Wildman–Crippen MR) is 89.2 cm³/mol. The molecule has 0 aliphatic rings. The molecule has 1 N–H and O–H groups in total. The van der Waals surface area contributed by atoms with Crippen LogP contribution in [0.4, 0.5) is 0 Å². The minimum atomic E-state index is 0.480. The van der Waals surface area contributed by atoms with Gasteiger partial charge >= 0.3 is 0 Å². The Morgan fingerprint density at radius 2 is 1.58 bits per heavy atom. The van der Waals surface area contributed by atoms with E-state index in [1.54, 1.807) is 0 Å². The highest BCUT2D eigenvalue weighted by molar-refractivity contribution is 7.99. The quantitative estimate of drug-likeness (QED) is 0.719. The molecule has 0 aliphatic heterocycles. The Kier molecular flexibility index (Phi) is 7.55. The molecule has 1 aromatic rings. The zero-order valence-electron chi connectivity index (χ0n) is 13.1. The van der Waals surface area contributed by atoms with Gasteiger partial charge in [0.1, 0.15) is 0 Å². The zero-order valence-corrected chi connectivity index (χ0v) is 13.9. The van der Waals surface area contributed by atoms with Crippen LogP contribution in [0.5, 0.6) is 0 Å². The second-order valence-corrected chi connectivity index (χ2v) is 7.32. The third-order valence-corrected chi connectivity index (χ3v) is 4.43. The summed E-state index contributed by atoms with van der Waals surface area (Å²) in [5, 5.41) is 4.36. The van der Waals surface area contributed by atoms with Gasteiger partial charge in [0.05, 0.1) is 0 Å². The molecule has 0 heterocycles. The maximum atomic E-state index is 3.67. The molecule has 0 saturated heterocycles. The van der Waals surface area contributed by atoms with Gasteiger partial charge in [-0.2, -0.15) is 11.8 Å². The van der Waals surface area contributed by atoms with Crippen LogP contribution >= 0.6 is 11.8 Å². The monoisotopic (exact) mass is 279 g/mol. The highest BCUT2D eigenvalue weighted by Gasteiger charge is 2.12. The van der Waals surface area contributed by atoms with Gasteiger partial charge in [-0.05, 0) is 35.3 Å². The van der Waals surface area contributed by atoms with Crippen LogP contribution in [0, 0.1) is 0 Å². The van der Waals surface area contributed by atoms with Crippen molar-refractivity contribution in [2.24, 2.45) is 0 Å².